The number of hydrogen-bond acceptors (Lipinski definition) is 4. The molecule has 0 aliphatic carbocycles. The van der Waals surface area contributed by atoms with Crippen LogP contribution in [0, 0.1) is 5.82 Å². The fraction of sp³-hybridized carbons (Fsp3) is 0.0952. The van der Waals surface area contributed by atoms with Crippen molar-refractivity contribution >= 4 is 22.9 Å². The van der Waals surface area contributed by atoms with E-state index in [0.29, 0.717) is 18.1 Å². The van der Waals surface area contributed by atoms with Crippen LogP contribution in [0.5, 0.6) is 0 Å². The maximum atomic E-state index is 13.8. The number of para-hydroxylation sites is 1. The van der Waals surface area contributed by atoms with Crippen LogP contribution >= 0.6 is 11.3 Å². The van der Waals surface area contributed by atoms with Gasteiger partial charge in [-0.05, 0) is 47.7 Å². The van der Waals surface area contributed by atoms with Gasteiger partial charge in [0.25, 0.3) is 5.91 Å². The molecule has 0 radical (unpaired) electrons. The fourth-order valence-electron chi connectivity index (χ4n) is 3.43. The van der Waals surface area contributed by atoms with Crippen molar-refractivity contribution < 1.29 is 9.18 Å². The summed E-state index contributed by atoms with van der Waals surface area (Å²) in [7, 11) is 0. The van der Waals surface area contributed by atoms with E-state index < -0.39 is 0 Å². The third-order valence-electron chi connectivity index (χ3n) is 4.73. The number of amides is 1. The standard InChI is InChI=1S/C21H15FN4OS/c22-15-6-3-7-16(13-15)26-20(18-9-4-12-28-18)23-19(24-26)21(27)25-11-10-14-5-1-2-8-17(14)25/h1-9,12-13H,10-11H2. The Morgan fingerprint density at radius 3 is 2.79 bits per heavy atom. The molecule has 5 nitrogen and oxygen atoms in total. The molecule has 0 spiro atoms. The Balaban J connectivity index is 1.60. The molecule has 1 aliphatic rings. The molecule has 28 heavy (non-hydrogen) atoms. The molecular weight excluding hydrogens is 375 g/mol. The van der Waals surface area contributed by atoms with Crippen LogP contribution in [0.2, 0.25) is 0 Å². The van der Waals surface area contributed by atoms with Gasteiger partial charge < -0.3 is 4.90 Å². The molecule has 4 aromatic rings. The number of fused-ring (bicyclic) bond motifs is 1. The van der Waals surface area contributed by atoms with E-state index in [1.807, 2.05) is 41.8 Å². The molecule has 0 N–H and O–H groups in total. The number of halogens is 1. The molecule has 7 heteroatoms. The van der Waals surface area contributed by atoms with Gasteiger partial charge in [0.1, 0.15) is 5.82 Å². The highest BCUT2D eigenvalue weighted by molar-refractivity contribution is 7.13. The lowest BCUT2D eigenvalue weighted by atomic mass is 10.2. The van der Waals surface area contributed by atoms with E-state index in [1.54, 1.807) is 17.0 Å². The van der Waals surface area contributed by atoms with Gasteiger partial charge in [0.2, 0.25) is 5.82 Å². The van der Waals surface area contributed by atoms with Crippen molar-refractivity contribution in [2.24, 2.45) is 0 Å². The fourth-order valence-corrected chi connectivity index (χ4v) is 4.12. The van der Waals surface area contributed by atoms with E-state index in [4.69, 9.17) is 0 Å². The predicted molar refractivity (Wildman–Crippen MR) is 106 cm³/mol. The lowest BCUT2D eigenvalue weighted by Crippen LogP contribution is -2.30. The van der Waals surface area contributed by atoms with Crippen LogP contribution in [-0.2, 0) is 6.42 Å². The van der Waals surface area contributed by atoms with Crippen molar-refractivity contribution in [1.82, 2.24) is 14.8 Å². The van der Waals surface area contributed by atoms with Crippen molar-refractivity contribution in [2.45, 2.75) is 6.42 Å². The minimum Gasteiger partial charge on any atom is -0.305 e. The monoisotopic (exact) mass is 390 g/mol. The average molecular weight is 390 g/mol. The van der Waals surface area contributed by atoms with Crippen molar-refractivity contribution in [1.29, 1.82) is 0 Å². The summed E-state index contributed by atoms with van der Waals surface area (Å²) in [4.78, 5) is 20.3. The molecule has 2 aromatic heterocycles. The molecule has 0 fully saturated rings. The first-order valence-corrected chi connectivity index (χ1v) is 9.75. The molecule has 0 unspecified atom stereocenters. The second-order valence-corrected chi connectivity index (χ2v) is 7.41. The van der Waals surface area contributed by atoms with Gasteiger partial charge in [0.05, 0.1) is 10.6 Å². The highest BCUT2D eigenvalue weighted by Crippen LogP contribution is 2.30. The Hall–Kier alpha value is -3.32. The smallest absolute Gasteiger partial charge is 0.297 e. The lowest BCUT2D eigenvalue weighted by molar-refractivity contribution is 0.0979. The molecule has 5 rings (SSSR count). The first-order valence-electron chi connectivity index (χ1n) is 8.87. The number of carbonyl (C=O) groups excluding carboxylic acids is 1. The Morgan fingerprint density at radius 1 is 1.07 bits per heavy atom. The lowest BCUT2D eigenvalue weighted by Gasteiger charge is -2.14. The van der Waals surface area contributed by atoms with Gasteiger partial charge in [-0.25, -0.2) is 14.1 Å². The SMILES string of the molecule is O=C(c1nc(-c2cccs2)n(-c2cccc(F)c2)n1)N1CCc2ccccc21. The number of nitrogens with zero attached hydrogens (tertiary/aromatic N) is 4. The number of carbonyl (C=O) groups is 1. The quantitative estimate of drug-likeness (QED) is 0.523. The van der Waals surface area contributed by atoms with Crippen LogP contribution in [0.1, 0.15) is 16.2 Å². The minimum absolute atomic E-state index is 0.101. The van der Waals surface area contributed by atoms with Crippen LogP contribution < -0.4 is 4.90 Å². The number of aromatic nitrogens is 3. The third kappa shape index (κ3) is 2.80. The normalized spacial score (nSPS) is 13.0. The van der Waals surface area contributed by atoms with Crippen LogP contribution in [0.4, 0.5) is 10.1 Å². The minimum atomic E-state index is -0.369. The van der Waals surface area contributed by atoms with E-state index in [2.05, 4.69) is 10.1 Å². The van der Waals surface area contributed by atoms with E-state index in [1.165, 1.54) is 28.2 Å². The first kappa shape index (κ1) is 16.8. The molecule has 0 atom stereocenters. The Morgan fingerprint density at radius 2 is 1.96 bits per heavy atom. The molecule has 2 aromatic carbocycles. The number of thiophene rings is 1. The molecule has 0 saturated carbocycles. The second kappa shape index (κ2) is 6.69. The van der Waals surface area contributed by atoms with Gasteiger partial charge in [0, 0.05) is 12.2 Å². The predicted octanol–water partition coefficient (Wildman–Crippen LogP) is 4.34. The third-order valence-corrected chi connectivity index (χ3v) is 5.59. The molecule has 138 valence electrons. The molecular formula is C21H15FN4OS. The summed E-state index contributed by atoms with van der Waals surface area (Å²) in [6.07, 6.45) is 0.810. The molecule has 0 saturated heterocycles. The van der Waals surface area contributed by atoms with Crippen LogP contribution in [0.25, 0.3) is 16.4 Å². The maximum Gasteiger partial charge on any atom is 0.297 e. The van der Waals surface area contributed by atoms with Gasteiger partial charge in [-0.3, -0.25) is 4.79 Å². The van der Waals surface area contributed by atoms with Crippen LogP contribution in [0.15, 0.2) is 66.0 Å². The summed E-state index contributed by atoms with van der Waals surface area (Å²) < 4.78 is 15.3. The van der Waals surface area contributed by atoms with Crippen LogP contribution in [-0.4, -0.2) is 27.2 Å². The molecule has 1 aliphatic heterocycles. The Bertz CT molecular complexity index is 1170. The molecule has 3 heterocycles. The summed E-state index contributed by atoms with van der Waals surface area (Å²) in [6, 6.07) is 17.8. The summed E-state index contributed by atoms with van der Waals surface area (Å²) in [6.45, 7) is 0.598. The average Bonchev–Trinajstić information content (AvgIpc) is 3.46. The number of rotatable bonds is 3. The zero-order chi connectivity index (χ0) is 19.1. The highest BCUT2D eigenvalue weighted by atomic mass is 32.1. The summed E-state index contributed by atoms with van der Waals surface area (Å²) >= 11 is 1.49. The van der Waals surface area contributed by atoms with Gasteiger partial charge in [-0.2, -0.15) is 0 Å². The summed E-state index contributed by atoms with van der Waals surface area (Å²) in [5, 5.41) is 6.38. The van der Waals surface area contributed by atoms with E-state index in [-0.39, 0.29) is 17.5 Å². The summed E-state index contributed by atoms with van der Waals surface area (Å²) in [5.41, 5.74) is 2.56. The van der Waals surface area contributed by atoms with Gasteiger partial charge in [0.15, 0.2) is 5.82 Å². The van der Waals surface area contributed by atoms with Crippen molar-refractivity contribution in [3.63, 3.8) is 0 Å². The highest BCUT2D eigenvalue weighted by Gasteiger charge is 2.29. The molecule has 1 amide bonds. The first-order chi connectivity index (χ1) is 13.7. The van der Waals surface area contributed by atoms with Crippen molar-refractivity contribution in [2.75, 3.05) is 11.4 Å². The van der Waals surface area contributed by atoms with Gasteiger partial charge in [-0.15, -0.1) is 16.4 Å². The Labute approximate surface area is 164 Å². The molecule has 0 bridgehead atoms. The van der Waals surface area contributed by atoms with Gasteiger partial charge in [-0.1, -0.05) is 30.3 Å². The number of hydrogen-bond donors (Lipinski definition) is 0. The largest absolute Gasteiger partial charge is 0.305 e. The number of anilines is 1. The van der Waals surface area contributed by atoms with Crippen LogP contribution in [0.3, 0.4) is 0 Å². The topological polar surface area (TPSA) is 51.0 Å². The van der Waals surface area contributed by atoms with Crippen molar-refractivity contribution in [3.05, 3.63) is 83.2 Å². The van der Waals surface area contributed by atoms with E-state index >= 15 is 0 Å². The zero-order valence-electron chi connectivity index (χ0n) is 14.7. The Kier molecular flexibility index (Phi) is 4.02. The maximum absolute atomic E-state index is 13.8. The second-order valence-electron chi connectivity index (χ2n) is 6.46. The van der Waals surface area contributed by atoms with E-state index in [0.717, 1.165) is 22.5 Å². The summed E-state index contributed by atoms with van der Waals surface area (Å²) in [5.74, 6) is 0.00480. The number of benzene rings is 2. The van der Waals surface area contributed by atoms with Crippen molar-refractivity contribution in [3.8, 4) is 16.4 Å². The van der Waals surface area contributed by atoms with E-state index in [9.17, 15) is 9.18 Å². The van der Waals surface area contributed by atoms with Gasteiger partial charge >= 0.3 is 0 Å². The zero-order valence-corrected chi connectivity index (χ0v) is 15.6.